The molecule has 1 amide bonds. The quantitative estimate of drug-likeness (QED) is 0.483. The zero-order valence-electron chi connectivity index (χ0n) is 17.4. The van der Waals surface area contributed by atoms with Gasteiger partial charge in [0.15, 0.2) is 0 Å². The molecule has 2 aromatic carbocycles. The van der Waals surface area contributed by atoms with Crippen LogP contribution in [0.15, 0.2) is 65.7 Å². The summed E-state index contributed by atoms with van der Waals surface area (Å²) >= 11 is 1.54. The van der Waals surface area contributed by atoms with Crippen LogP contribution in [0.5, 0.6) is 0 Å². The van der Waals surface area contributed by atoms with E-state index in [0.29, 0.717) is 24.9 Å². The Hall–Kier alpha value is -3.25. The predicted molar refractivity (Wildman–Crippen MR) is 124 cm³/mol. The van der Waals surface area contributed by atoms with Crippen molar-refractivity contribution in [3.63, 3.8) is 0 Å². The Morgan fingerprint density at radius 1 is 1.06 bits per heavy atom. The number of hydrogen-bond donors (Lipinski definition) is 0. The minimum Gasteiger partial charge on any atom is -0.338 e. The minimum absolute atomic E-state index is 0.0753. The molecule has 4 aromatic rings. The van der Waals surface area contributed by atoms with Crippen molar-refractivity contribution in [2.45, 2.75) is 32.9 Å². The van der Waals surface area contributed by atoms with Crippen molar-refractivity contribution in [2.24, 2.45) is 0 Å². The first-order valence-corrected chi connectivity index (χ1v) is 11.3. The standard InChI is InChI=1S/C25H23N3O2S/c1-17-22(19-8-3-2-4-9-19)23-24(31-17)26-16-28(25(23)30)14-12-21(29)27-13-11-18-7-5-6-10-20(18)15-27/h2-10,16H,11-15H2,1H3. The zero-order chi connectivity index (χ0) is 21.4. The third-order valence-corrected chi connectivity index (χ3v) is 6.98. The lowest BCUT2D eigenvalue weighted by atomic mass is 10.00. The maximum Gasteiger partial charge on any atom is 0.262 e. The van der Waals surface area contributed by atoms with Crippen molar-refractivity contribution in [3.05, 3.63) is 87.3 Å². The summed E-state index contributed by atoms with van der Waals surface area (Å²) in [7, 11) is 0. The number of hydrogen-bond acceptors (Lipinski definition) is 4. The Balaban J connectivity index is 1.38. The van der Waals surface area contributed by atoms with Gasteiger partial charge in [-0.1, -0.05) is 54.6 Å². The van der Waals surface area contributed by atoms with Crippen LogP contribution in [0, 0.1) is 6.92 Å². The molecule has 3 heterocycles. The summed E-state index contributed by atoms with van der Waals surface area (Å²) in [5, 5.41) is 0.649. The molecular formula is C25H23N3O2S. The molecule has 0 bridgehead atoms. The highest BCUT2D eigenvalue weighted by Gasteiger charge is 2.21. The van der Waals surface area contributed by atoms with Gasteiger partial charge < -0.3 is 4.90 Å². The van der Waals surface area contributed by atoms with E-state index in [1.165, 1.54) is 22.5 Å². The van der Waals surface area contributed by atoms with Crippen molar-refractivity contribution < 1.29 is 4.79 Å². The van der Waals surface area contributed by atoms with Crippen molar-refractivity contribution in [3.8, 4) is 11.1 Å². The molecule has 0 unspecified atom stereocenters. The molecule has 156 valence electrons. The molecule has 2 aromatic heterocycles. The number of thiophene rings is 1. The van der Waals surface area contributed by atoms with E-state index in [9.17, 15) is 9.59 Å². The molecule has 0 saturated carbocycles. The van der Waals surface area contributed by atoms with E-state index in [0.717, 1.165) is 33.8 Å². The second-order valence-corrected chi connectivity index (χ2v) is 9.11. The lowest BCUT2D eigenvalue weighted by Crippen LogP contribution is -2.36. The van der Waals surface area contributed by atoms with Crippen molar-refractivity contribution in [1.29, 1.82) is 0 Å². The minimum atomic E-state index is -0.0787. The molecular weight excluding hydrogens is 406 g/mol. The van der Waals surface area contributed by atoms with E-state index >= 15 is 0 Å². The number of carbonyl (C=O) groups is 1. The van der Waals surface area contributed by atoms with Crippen LogP contribution < -0.4 is 5.56 Å². The van der Waals surface area contributed by atoms with Gasteiger partial charge in [0.25, 0.3) is 5.56 Å². The number of carbonyl (C=O) groups excluding carboxylic acids is 1. The van der Waals surface area contributed by atoms with E-state index in [4.69, 9.17) is 0 Å². The van der Waals surface area contributed by atoms with Gasteiger partial charge in [-0.2, -0.15) is 0 Å². The number of aromatic nitrogens is 2. The van der Waals surface area contributed by atoms with Crippen LogP contribution in [0.2, 0.25) is 0 Å². The predicted octanol–water partition coefficient (Wildman–Crippen LogP) is 4.41. The average molecular weight is 430 g/mol. The lowest BCUT2D eigenvalue weighted by molar-refractivity contribution is -0.132. The molecule has 0 spiro atoms. The summed E-state index contributed by atoms with van der Waals surface area (Å²) in [4.78, 5) is 34.4. The Labute approximate surface area is 184 Å². The first-order valence-electron chi connectivity index (χ1n) is 10.5. The van der Waals surface area contributed by atoms with Crippen molar-refractivity contribution in [1.82, 2.24) is 14.5 Å². The van der Waals surface area contributed by atoms with Crippen molar-refractivity contribution in [2.75, 3.05) is 6.54 Å². The molecule has 0 fully saturated rings. The SMILES string of the molecule is Cc1sc2ncn(CCC(=O)N3CCc4ccccc4C3)c(=O)c2c1-c1ccccc1. The van der Waals surface area contributed by atoms with Crippen LogP contribution in [0.4, 0.5) is 0 Å². The molecule has 0 aliphatic carbocycles. The summed E-state index contributed by atoms with van der Waals surface area (Å²) in [6.45, 7) is 3.73. The fraction of sp³-hybridized carbons (Fsp3) is 0.240. The smallest absolute Gasteiger partial charge is 0.262 e. The van der Waals surface area contributed by atoms with Gasteiger partial charge in [0, 0.05) is 36.5 Å². The maximum absolute atomic E-state index is 13.3. The fourth-order valence-corrected chi connectivity index (χ4v) is 5.34. The second-order valence-electron chi connectivity index (χ2n) is 7.91. The lowest BCUT2D eigenvalue weighted by Gasteiger charge is -2.29. The fourth-order valence-electron chi connectivity index (χ4n) is 4.33. The van der Waals surface area contributed by atoms with E-state index in [1.54, 1.807) is 10.9 Å². The van der Waals surface area contributed by atoms with Gasteiger partial charge in [0.05, 0.1) is 11.7 Å². The number of benzene rings is 2. The van der Waals surface area contributed by atoms with Crippen LogP contribution in [-0.4, -0.2) is 26.9 Å². The monoisotopic (exact) mass is 429 g/mol. The number of aryl methyl sites for hydroxylation is 2. The molecule has 0 N–H and O–H groups in total. The van der Waals surface area contributed by atoms with E-state index in [2.05, 4.69) is 17.1 Å². The summed E-state index contributed by atoms with van der Waals surface area (Å²) < 4.78 is 1.58. The molecule has 31 heavy (non-hydrogen) atoms. The van der Waals surface area contributed by atoms with E-state index in [1.807, 2.05) is 54.3 Å². The third kappa shape index (κ3) is 3.68. The summed E-state index contributed by atoms with van der Waals surface area (Å²) in [5.41, 5.74) is 4.42. The largest absolute Gasteiger partial charge is 0.338 e. The zero-order valence-corrected chi connectivity index (χ0v) is 18.2. The van der Waals surface area contributed by atoms with Crippen LogP contribution in [0.25, 0.3) is 21.3 Å². The first kappa shape index (κ1) is 19.7. The topological polar surface area (TPSA) is 55.2 Å². The Kier molecular flexibility index (Phi) is 5.16. The number of fused-ring (bicyclic) bond motifs is 2. The van der Waals surface area contributed by atoms with Crippen LogP contribution in [-0.2, 0) is 24.3 Å². The van der Waals surface area contributed by atoms with Crippen LogP contribution >= 0.6 is 11.3 Å². The summed E-state index contributed by atoms with van der Waals surface area (Å²) in [6.07, 6.45) is 2.75. The van der Waals surface area contributed by atoms with Gasteiger partial charge in [-0.05, 0) is 30.0 Å². The molecule has 0 radical (unpaired) electrons. The average Bonchev–Trinajstić information content (AvgIpc) is 3.15. The number of nitrogens with zero attached hydrogens (tertiary/aromatic N) is 3. The third-order valence-electron chi connectivity index (χ3n) is 5.97. The van der Waals surface area contributed by atoms with Gasteiger partial charge >= 0.3 is 0 Å². The molecule has 5 rings (SSSR count). The van der Waals surface area contributed by atoms with Crippen molar-refractivity contribution >= 4 is 27.5 Å². The van der Waals surface area contributed by atoms with Gasteiger partial charge in [-0.15, -0.1) is 11.3 Å². The maximum atomic E-state index is 13.3. The highest BCUT2D eigenvalue weighted by Crippen LogP contribution is 2.35. The number of rotatable bonds is 4. The second kappa shape index (κ2) is 8.12. The van der Waals surface area contributed by atoms with E-state index < -0.39 is 0 Å². The molecule has 1 aliphatic heterocycles. The first-order chi connectivity index (χ1) is 15.1. The molecule has 0 atom stereocenters. The molecule has 1 aliphatic rings. The highest BCUT2D eigenvalue weighted by atomic mass is 32.1. The normalized spacial score (nSPS) is 13.4. The van der Waals surface area contributed by atoms with E-state index in [-0.39, 0.29) is 11.5 Å². The van der Waals surface area contributed by atoms with Crippen LogP contribution in [0.1, 0.15) is 22.4 Å². The Morgan fingerprint density at radius 2 is 1.81 bits per heavy atom. The van der Waals surface area contributed by atoms with Gasteiger partial charge in [-0.3, -0.25) is 14.2 Å². The molecule has 0 saturated heterocycles. The number of amides is 1. The molecule has 6 heteroatoms. The van der Waals surface area contributed by atoms with Gasteiger partial charge in [0.2, 0.25) is 5.91 Å². The summed E-state index contributed by atoms with van der Waals surface area (Å²) in [6, 6.07) is 18.2. The Bertz CT molecular complexity index is 1320. The highest BCUT2D eigenvalue weighted by molar-refractivity contribution is 7.19. The summed E-state index contributed by atoms with van der Waals surface area (Å²) in [5.74, 6) is 0.0753. The van der Waals surface area contributed by atoms with Crippen LogP contribution in [0.3, 0.4) is 0 Å². The van der Waals surface area contributed by atoms with Gasteiger partial charge in [-0.25, -0.2) is 4.98 Å². The Morgan fingerprint density at radius 3 is 2.61 bits per heavy atom. The van der Waals surface area contributed by atoms with Gasteiger partial charge in [0.1, 0.15) is 4.83 Å². The molecule has 5 nitrogen and oxygen atoms in total.